The highest BCUT2D eigenvalue weighted by Crippen LogP contribution is 2.42. The van der Waals surface area contributed by atoms with Crippen molar-refractivity contribution in [2.45, 2.75) is 41.4 Å². The third kappa shape index (κ3) is 5.08. The van der Waals surface area contributed by atoms with Crippen molar-refractivity contribution in [3.8, 4) is 11.5 Å². The van der Waals surface area contributed by atoms with Gasteiger partial charge < -0.3 is 9.84 Å². The molecule has 3 aromatic carbocycles. The van der Waals surface area contributed by atoms with Crippen LogP contribution in [0.15, 0.2) is 69.3 Å². The Labute approximate surface area is 203 Å². The largest absolute Gasteiger partial charge is 0.506 e. The lowest BCUT2D eigenvalue weighted by molar-refractivity contribution is -0.385. The summed E-state index contributed by atoms with van der Waals surface area (Å²) in [6.07, 6.45) is 0. The van der Waals surface area contributed by atoms with Crippen LogP contribution in [-0.2, 0) is 19.9 Å². The summed E-state index contributed by atoms with van der Waals surface area (Å²) in [7, 11) is -7.17. The molecular weight excluding hydrogens is 496 g/mol. The van der Waals surface area contributed by atoms with E-state index < -0.39 is 41.1 Å². The summed E-state index contributed by atoms with van der Waals surface area (Å²) in [6, 6.07) is 11.4. The molecule has 186 valence electrons. The molecular formula is C23H24N2O8S2. The molecule has 0 heterocycles. The van der Waals surface area contributed by atoms with Gasteiger partial charge in [-0.15, -0.1) is 0 Å². The van der Waals surface area contributed by atoms with E-state index in [1.807, 2.05) is 0 Å². The predicted octanol–water partition coefficient (Wildman–Crippen LogP) is 4.37. The SMILES string of the molecule is COc1ccc(S(=O)(=O)c2c(C)c(NS(=O)(=O)c3cccc([N+](=O)[O-])c3)cc(C(C)C)c2O)cc1. The standard InChI is InChI=1S/C23H24N2O8S2/c1-14(2)20-13-21(24-35(31,32)19-7-5-6-16(12-19)25(27)28)15(3)23(22(20)26)34(29,30)18-10-8-17(33-4)9-11-18/h5-14,24,26H,1-4H3. The molecule has 0 fully saturated rings. The van der Waals surface area contributed by atoms with Crippen molar-refractivity contribution >= 4 is 31.2 Å². The summed E-state index contributed by atoms with van der Waals surface area (Å²) in [5.74, 6) is -0.403. The number of nitrogens with one attached hydrogen (secondary N) is 1. The van der Waals surface area contributed by atoms with Crippen LogP contribution in [0.3, 0.4) is 0 Å². The summed E-state index contributed by atoms with van der Waals surface area (Å²) in [5.41, 5.74) is -0.317. The van der Waals surface area contributed by atoms with Crippen LogP contribution in [0.4, 0.5) is 11.4 Å². The van der Waals surface area contributed by atoms with Crippen LogP contribution in [0.2, 0.25) is 0 Å². The first-order valence-corrected chi connectivity index (χ1v) is 13.3. The molecule has 0 saturated carbocycles. The second-order valence-electron chi connectivity index (χ2n) is 8.01. The molecule has 0 atom stereocenters. The Balaban J connectivity index is 2.20. The second kappa shape index (κ2) is 9.55. The Morgan fingerprint density at radius 2 is 1.63 bits per heavy atom. The van der Waals surface area contributed by atoms with Gasteiger partial charge in [-0.25, -0.2) is 16.8 Å². The van der Waals surface area contributed by atoms with Crippen LogP contribution in [0.1, 0.15) is 30.9 Å². The van der Waals surface area contributed by atoms with E-state index in [9.17, 15) is 32.1 Å². The number of anilines is 1. The number of nitrogens with zero attached hydrogens (tertiary/aromatic N) is 1. The van der Waals surface area contributed by atoms with Crippen molar-refractivity contribution in [3.05, 3.63) is 75.8 Å². The maximum absolute atomic E-state index is 13.5. The summed E-state index contributed by atoms with van der Waals surface area (Å²) < 4.78 is 60.5. The van der Waals surface area contributed by atoms with E-state index in [1.54, 1.807) is 13.8 Å². The first-order valence-electron chi connectivity index (χ1n) is 10.3. The van der Waals surface area contributed by atoms with Gasteiger partial charge in [0.1, 0.15) is 16.4 Å². The molecule has 3 aromatic rings. The fourth-order valence-corrected chi connectivity index (χ4v) is 6.25. The second-order valence-corrected chi connectivity index (χ2v) is 11.6. The molecule has 0 saturated heterocycles. The van der Waals surface area contributed by atoms with E-state index in [4.69, 9.17) is 4.74 Å². The number of phenolic OH excluding ortho intramolecular Hbond substituents is 1. The smallest absolute Gasteiger partial charge is 0.270 e. The van der Waals surface area contributed by atoms with E-state index in [2.05, 4.69) is 4.72 Å². The quantitative estimate of drug-likeness (QED) is 0.252. The third-order valence-corrected chi connectivity index (χ3v) is 8.67. The zero-order valence-electron chi connectivity index (χ0n) is 19.3. The number of methoxy groups -OCH3 is 1. The van der Waals surface area contributed by atoms with Gasteiger partial charge in [0.15, 0.2) is 0 Å². The van der Waals surface area contributed by atoms with Gasteiger partial charge in [-0.3, -0.25) is 14.8 Å². The molecule has 12 heteroatoms. The zero-order chi connectivity index (χ0) is 26.1. The molecule has 35 heavy (non-hydrogen) atoms. The van der Waals surface area contributed by atoms with Crippen LogP contribution >= 0.6 is 0 Å². The Kier molecular flexibility index (Phi) is 7.08. The number of rotatable bonds is 8. The normalized spacial score (nSPS) is 11.9. The monoisotopic (exact) mass is 520 g/mol. The lowest BCUT2D eigenvalue weighted by atomic mass is 9.99. The maximum Gasteiger partial charge on any atom is 0.270 e. The number of non-ortho nitro benzene ring substituents is 1. The van der Waals surface area contributed by atoms with Crippen molar-refractivity contribution < 1.29 is 31.6 Å². The third-order valence-electron chi connectivity index (χ3n) is 5.38. The number of nitro benzene ring substituents is 1. The van der Waals surface area contributed by atoms with E-state index in [-0.39, 0.29) is 32.5 Å². The fourth-order valence-electron chi connectivity index (χ4n) is 3.48. The van der Waals surface area contributed by atoms with Gasteiger partial charge in [0, 0.05) is 12.1 Å². The lowest BCUT2D eigenvalue weighted by Crippen LogP contribution is -2.16. The predicted molar refractivity (Wildman–Crippen MR) is 129 cm³/mol. The van der Waals surface area contributed by atoms with Crippen molar-refractivity contribution in [1.82, 2.24) is 0 Å². The molecule has 0 radical (unpaired) electrons. The highest BCUT2D eigenvalue weighted by Gasteiger charge is 2.30. The molecule has 0 amide bonds. The van der Waals surface area contributed by atoms with Gasteiger partial charge in [-0.1, -0.05) is 19.9 Å². The summed E-state index contributed by atoms with van der Waals surface area (Å²) in [6.45, 7) is 4.80. The minimum Gasteiger partial charge on any atom is -0.506 e. The van der Waals surface area contributed by atoms with Crippen molar-refractivity contribution in [2.24, 2.45) is 0 Å². The van der Waals surface area contributed by atoms with Gasteiger partial charge in [0.25, 0.3) is 15.7 Å². The average Bonchev–Trinajstić information content (AvgIpc) is 2.80. The van der Waals surface area contributed by atoms with Crippen LogP contribution in [0, 0.1) is 17.0 Å². The molecule has 0 aromatic heterocycles. The first-order chi connectivity index (χ1) is 16.3. The molecule has 3 rings (SSSR count). The molecule has 2 N–H and O–H groups in total. The van der Waals surface area contributed by atoms with Crippen LogP contribution in [0.25, 0.3) is 0 Å². The number of aromatic hydroxyl groups is 1. The number of sulfonamides is 1. The highest BCUT2D eigenvalue weighted by atomic mass is 32.2. The Morgan fingerprint density at radius 1 is 1.00 bits per heavy atom. The van der Waals surface area contributed by atoms with Crippen molar-refractivity contribution in [3.63, 3.8) is 0 Å². The van der Waals surface area contributed by atoms with Crippen LogP contribution in [0.5, 0.6) is 11.5 Å². The molecule has 0 aliphatic rings. The summed E-state index contributed by atoms with van der Waals surface area (Å²) in [4.78, 5) is 9.42. The topological polar surface area (TPSA) is 153 Å². The van der Waals surface area contributed by atoms with Gasteiger partial charge in [-0.2, -0.15) is 0 Å². The van der Waals surface area contributed by atoms with Crippen molar-refractivity contribution in [1.29, 1.82) is 0 Å². The molecule has 10 nitrogen and oxygen atoms in total. The minimum absolute atomic E-state index is 0.0308. The van der Waals surface area contributed by atoms with E-state index in [0.29, 0.717) is 5.75 Å². The number of sulfone groups is 1. The van der Waals surface area contributed by atoms with E-state index in [0.717, 1.165) is 12.1 Å². The zero-order valence-corrected chi connectivity index (χ0v) is 21.0. The van der Waals surface area contributed by atoms with Gasteiger partial charge in [0.2, 0.25) is 9.84 Å². The molecule has 0 aliphatic heterocycles. The number of hydrogen-bond acceptors (Lipinski definition) is 8. The number of benzene rings is 3. The number of ether oxygens (including phenoxy) is 1. The van der Waals surface area contributed by atoms with E-state index in [1.165, 1.54) is 56.5 Å². The Morgan fingerprint density at radius 3 is 2.17 bits per heavy atom. The van der Waals surface area contributed by atoms with E-state index >= 15 is 0 Å². The highest BCUT2D eigenvalue weighted by molar-refractivity contribution is 7.93. The maximum atomic E-state index is 13.5. The minimum atomic E-state index is -4.33. The number of nitro groups is 1. The van der Waals surface area contributed by atoms with Crippen LogP contribution < -0.4 is 9.46 Å². The fraction of sp³-hybridized carbons (Fsp3) is 0.217. The molecule has 0 aliphatic carbocycles. The number of hydrogen-bond donors (Lipinski definition) is 2. The molecule has 0 unspecified atom stereocenters. The first kappa shape index (κ1) is 26.0. The van der Waals surface area contributed by atoms with Gasteiger partial charge in [-0.05, 0) is 60.4 Å². The van der Waals surface area contributed by atoms with Crippen molar-refractivity contribution in [2.75, 3.05) is 11.8 Å². The van der Waals surface area contributed by atoms with Gasteiger partial charge in [0.05, 0.1) is 27.5 Å². The summed E-state index contributed by atoms with van der Waals surface area (Å²) >= 11 is 0. The Bertz CT molecular complexity index is 1500. The number of phenols is 1. The van der Waals surface area contributed by atoms with Gasteiger partial charge >= 0.3 is 0 Å². The summed E-state index contributed by atoms with van der Waals surface area (Å²) in [5, 5.41) is 22.0. The van der Waals surface area contributed by atoms with Crippen LogP contribution in [-0.4, -0.2) is 34.0 Å². The average molecular weight is 521 g/mol. The Hall–Kier alpha value is -3.64. The molecule has 0 bridgehead atoms. The molecule has 0 spiro atoms. The lowest BCUT2D eigenvalue weighted by Gasteiger charge is -2.20.